The van der Waals surface area contributed by atoms with Gasteiger partial charge in [-0.15, -0.1) is 5.10 Å². The Bertz CT molecular complexity index is 489. The maximum Gasteiger partial charge on any atom is 0.233 e. The van der Waals surface area contributed by atoms with Gasteiger partial charge in [-0.3, -0.25) is 4.79 Å². The van der Waals surface area contributed by atoms with Crippen LogP contribution in [0.2, 0.25) is 0 Å². The number of carbonyl (C=O) groups excluding carboxylic acids is 1. The molecule has 2 atom stereocenters. The molecule has 0 spiro atoms. The van der Waals surface area contributed by atoms with Gasteiger partial charge >= 0.3 is 0 Å². The minimum atomic E-state index is -0.198. The summed E-state index contributed by atoms with van der Waals surface area (Å²) in [7, 11) is 0. The Morgan fingerprint density at radius 2 is 1.95 bits per heavy atom. The van der Waals surface area contributed by atoms with E-state index in [-0.39, 0.29) is 23.7 Å². The molecule has 1 aliphatic rings. The zero-order chi connectivity index (χ0) is 15.6. The van der Waals surface area contributed by atoms with Gasteiger partial charge in [0.25, 0.3) is 0 Å². The van der Waals surface area contributed by atoms with Crippen molar-refractivity contribution < 1.29 is 9.53 Å². The lowest BCUT2D eigenvalue weighted by molar-refractivity contribution is -0.140. The summed E-state index contributed by atoms with van der Waals surface area (Å²) in [5, 5.41) is 12.4. The molecule has 0 radical (unpaired) electrons. The van der Waals surface area contributed by atoms with Gasteiger partial charge in [0.1, 0.15) is 0 Å². The number of carbonyl (C=O) groups is 1. The highest BCUT2D eigenvalue weighted by Gasteiger charge is 2.27. The van der Waals surface area contributed by atoms with E-state index in [0.717, 1.165) is 0 Å². The number of hydrogen-bond acceptors (Lipinski definition) is 6. The topological polar surface area (TPSA) is 73.1 Å². The summed E-state index contributed by atoms with van der Waals surface area (Å²) in [6, 6.07) is 0. The van der Waals surface area contributed by atoms with Crippen molar-refractivity contribution in [1.29, 1.82) is 0 Å². The lowest BCUT2D eigenvalue weighted by atomic mass is 10.1. The van der Waals surface area contributed by atoms with Crippen LogP contribution in [0.15, 0.2) is 5.16 Å². The van der Waals surface area contributed by atoms with Crippen LogP contribution in [0.1, 0.15) is 34.6 Å². The molecular weight excluding hydrogens is 290 g/mol. The molecule has 8 heteroatoms. The second-order valence-corrected chi connectivity index (χ2v) is 7.33. The minimum Gasteiger partial charge on any atom is -0.372 e. The van der Waals surface area contributed by atoms with Crippen molar-refractivity contribution in [3.05, 3.63) is 0 Å². The molecule has 0 saturated carbocycles. The molecule has 0 unspecified atom stereocenters. The molecule has 0 bridgehead atoms. The lowest BCUT2D eigenvalue weighted by Gasteiger charge is -2.35. The first-order chi connectivity index (χ1) is 9.77. The van der Waals surface area contributed by atoms with Crippen LogP contribution in [-0.4, -0.2) is 62.1 Å². The van der Waals surface area contributed by atoms with E-state index in [4.69, 9.17) is 4.74 Å². The minimum absolute atomic E-state index is 0.0857. The van der Waals surface area contributed by atoms with E-state index in [1.165, 1.54) is 11.8 Å². The lowest BCUT2D eigenvalue weighted by Crippen LogP contribution is -2.48. The molecule has 1 aromatic rings. The van der Waals surface area contributed by atoms with Crippen LogP contribution in [0.5, 0.6) is 0 Å². The molecule has 21 heavy (non-hydrogen) atoms. The third kappa shape index (κ3) is 4.16. The number of ether oxygens (including phenoxy) is 1. The molecule has 1 amide bonds. The highest BCUT2D eigenvalue weighted by Crippen LogP contribution is 2.22. The highest BCUT2D eigenvalue weighted by atomic mass is 32.2. The number of morpholine rings is 1. The predicted molar refractivity (Wildman–Crippen MR) is 80.1 cm³/mol. The molecular formula is C13H23N5O2S. The fourth-order valence-corrected chi connectivity index (χ4v) is 3.25. The third-order valence-electron chi connectivity index (χ3n) is 3.17. The number of hydrogen-bond donors (Lipinski definition) is 0. The number of nitrogens with zero attached hydrogens (tertiary/aromatic N) is 5. The molecule has 1 saturated heterocycles. The molecule has 1 aliphatic heterocycles. The number of thioether (sulfide) groups is 1. The van der Waals surface area contributed by atoms with E-state index < -0.39 is 0 Å². The van der Waals surface area contributed by atoms with Crippen molar-refractivity contribution in [1.82, 2.24) is 25.1 Å². The number of amides is 1. The smallest absolute Gasteiger partial charge is 0.233 e. The van der Waals surface area contributed by atoms with Crippen molar-refractivity contribution in [2.24, 2.45) is 0 Å². The maximum atomic E-state index is 12.3. The summed E-state index contributed by atoms with van der Waals surface area (Å²) in [5.74, 6) is 0.445. The monoisotopic (exact) mass is 313 g/mol. The van der Waals surface area contributed by atoms with Crippen LogP contribution in [0, 0.1) is 0 Å². The Hall–Kier alpha value is -1.15. The summed E-state index contributed by atoms with van der Waals surface area (Å²) < 4.78 is 7.39. The zero-order valence-corrected chi connectivity index (χ0v) is 14.1. The van der Waals surface area contributed by atoms with Crippen molar-refractivity contribution in [3.63, 3.8) is 0 Å². The average Bonchev–Trinajstić information content (AvgIpc) is 2.82. The van der Waals surface area contributed by atoms with Crippen molar-refractivity contribution in [2.75, 3.05) is 18.8 Å². The molecule has 118 valence electrons. The molecule has 2 rings (SSSR count). The van der Waals surface area contributed by atoms with Crippen molar-refractivity contribution in [3.8, 4) is 0 Å². The third-order valence-corrected chi connectivity index (χ3v) is 4.08. The van der Waals surface area contributed by atoms with Crippen LogP contribution in [0.25, 0.3) is 0 Å². The van der Waals surface area contributed by atoms with Gasteiger partial charge in [-0.25, -0.2) is 4.68 Å². The van der Waals surface area contributed by atoms with Crippen molar-refractivity contribution in [2.45, 2.75) is 57.5 Å². The van der Waals surface area contributed by atoms with Gasteiger partial charge in [0.2, 0.25) is 11.1 Å². The molecule has 0 aliphatic carbocycles. The van der Waals surface area contributed by atoms with Crippen LogP contribution >= 0.6 is 11.8 Å². The van der Waals surface area contributed by atoms with Gasteiger partial charge in [-0.05, 0) is 45.0 Å². The van der Waals surface area contributed by atoms with Crippen LogP contribution in [0.4, 0.5) is 0 Å². The van der Waals surface area contributed by atoms with E-state index in [0.29, 0.717) is 24.0 Å². The molecule has 1 aromatic heterocycles. The first kappa shape index (κ1) is 16.2. The van der Waals surface area contributed by atoms with Gasteiger partial charge in [-0.1, -0.05) is 11.8 Å². The average molecular weight is 313 g/mol. The Morgan fingerprint density at radius 3 is 2.52 bits per heavy atom. The standard InChI is InChI=1S/C13H23N5O2S/c1-9-6-17(7-10(2)20-9)11(19)8-21-12-14-15-16-18(12)13(3,4)5/h9-10H,6-8H2,1-5H3/t9-,10-/m1/s1. The summed E-state index contributed by atoms with van der Waals surface area (Å²) in [6.07, 6.45) is 0.171. The summed E-state index contributed by atoms with van der Waals surface area (Å²) in [6.45, 7) is 11.4. The van der Waals surface area contributed by atoms with Crippen LogP contribution in [0.3, 0.4) is 0 Å². The Balaban J connectivity index is 1.94. The largest absolute Gasteiger partial charge is 0.372 e. The predicted octanol–water partition coefficient (Wildman–Crippen LogP) is 1.16. The fraction of sp³-hybridized carbons (Fsp3) is 0.846. The summed E-state index contributed by atoms with van der Waals surface area (Å²) in [4.78, 5) is 14.2. The number of tetrazole rings is 1. The fourth-order valence-electron chi connectivity index (χ4n) is 2.29. The van der Waals surface area contributed by atoms with E-state index in [9.17, 15) is 4.79 Å². The van der Waals surface area contributed by atoms with E-state index in [1.54, 1.807) is 4.68 Å². The van der Waals surface area contributed by atoms with E-state index in [1.807, 2.05) is 39.5 Å². The first-order valence-corrected chi connectivity index (χ1v) is 8.11. The van der Waals surface area contributed by atoms with E-state index >= 15 is 0 Å². The van der Waals surface area contributed by atoms with Crippen LogP contribution < -0.4 is 0 Å². The molecule has 1 fully saturated rings. The van der Waals surface area contributed by atoms with E-state index in [2.05, 4.69) is 15.5 Å². The maximum absolute atomic E-state index is 12.3. The molecule has 0 aromatic carbocycles. The van der Waals surface area contributed by atoms with Gasteiger partial charge in [0.05, 0.1) is 23.5 Å². The first-order valence-electron chi connectivity index (χ1n) is 7.12. The molecule has 2 heterocycles. The number of aromatic nitrogens is 4. The Morgan fingerprint density at radius 1 is 1.33 bits per heavy atom. The van der Waals surface area contributed by atoms with Gasteiger partial charge < -0.3 is 9.64 Å². The summed E-state index contributed by atoms with van der Waals surface area (Å²) in [5.41, 5.74) is -0.198. The number of rotatable bonds is 3. The van der Waals surface area contributed by atoms with Crippen molar-refractivity contribution >= 4 is 17.7 Å². The summed E-state index contributed by atoms with van der Waals surface area (Å²) >= 11 is 1.38. The second-order valence-electron chi connectivity index (χ2n) is 6.39. The van der Waals surface area contributed by atoms with Crippen LogP contribution in [-0.2, 0) is 15.1 Å². The van der Waals surface area contributed by atoms with Gasteiger partial charge in [0, 0.05) is 13.1 Å². The highest BCUT2D eigenvalue weighted by molar-refractivity contribution is 7.99. The van der Waals surface area contributed by atoms with Gasteiger partial charge in [-0.2, -0.15) is 0 Å². The SMILES string of the molecule is C[C@@H]1CN(C(=O)CSc2nnnn2C(C)(C)C)C[C@@H](C)O1. The second kappa shape index (κ2) is 6.31. The van der Waals surface area contributed by atoms with Gasteiger partial charge in [0.15, 0.2) is 0 Å². The normalized spacial score (nSPS) is 23.4. The Kier molecular flexibility index (Phi) is 4.88. The molecule has 7 nitrogen and oxygen atoms in total. The zero-order valence-electron chi connectivity index (χ0n) is 13.2. The molecule has 0 N–H and O–H groups in total. The Labute approximate surface area is 129 Å². The quantitative estimate of drug-likeness (QED) is 0.780.